The Labute approximate surface area is 130 Å². The summed E-state index contributed by atoms with van der Waals surface area (Å²) in [5.74, 6) is 0.254. The third kappa shape index (κ3) is 4.67. The minimum absolute atomic E-state index is 0.208. The maximum absolute atomic E-state index is 11.8. The van der Waals surface area contributed by atoms with Crippen molar-refractivity contribution in [2.75, 3.05) is 0 Å². The van der Waals surface area contributed by atoms with Gasteiger partial charge in [-0.3, -0.25) is 4.79 Å². The molecule has 4 heteroatoms. The molecule has 0 atom stereocenters. The first-order valence-electron chi connectivity index (χ1n) is 7.26. The smallest absolute Gasteiger partial charge is 0.310 e. The van der Waals surface area contributed by atoms with Crippen molar-refractivity contribution in [3.05, 3.63) is 51.5 Å². The van der Waals surface area contributed by atoms with Crippen LogP contribution in [0.15, 0.2) is 30.5 Å². The number of esters is 1. The Morgan fingerprint density at radius 2 is 1.90 bits per heavy atom. The van der Waals surface area contributed by atoms with Crippen LogP contribution in [-0.4, -0.2) is 11.0 Å². The molecule has 112 valence electrons. The van der Waals surface area contributed by atoms with Crippen LogP contribution >= 0.6 is 11.3 Å². The Bertz CT molecular complexity index is 587. The van der Waals surface area contributed by atoms with E-state index in [1.807, 2.05) is 18.3 Å². The number of rotatable bonds is 6. The summed E-state index contributed by atoms with van der Waals surface area (Å²) >= 11 is 1.61. The standard InChI is InChI=1S/C17H21NO2S/c1-4-13-5-7-14(8-6-13)9-17(19)20-11-16-18-10-15(21-16)12(2)3/h5-8,10,12H,4,9,11H2,1-3H3. The van der Waals surface area contributed by atoms with E-state index in [1.54, 1.807) is 11.3 Å². The molecule has 3 nitrogen and oxygen atoms in total. The van der Waals surface area contributed by atoms with E-state index in [0.717, 1.165) is 17.0 Å². The fraction of sp³-hybridized carbons (Fsp3) is 0.412. The summed E-state index contributed by atoms with van der Waals surface area (Å²) in [4.78, 5) is 17.3. The number of carbonyl (C=O) groups is 1. The number of aryl methyl sites for hydroxylation is 1. The first kappa shape index (κ1) is 15.7. The van der Waals surface area contributed by atoms with Crippen LogP contribution < -0.4 is 0 Å². The number of hydrogen-bond donors (Lipinski definition) is 0. The maximum atomic E-state index is 11.8. The molecule has 0 N–H and O–H groups in total. The zero-order valence-electron chi connectivity index (χ0n) is 12.8. The van der Waals surface area contributed by atoms with E-state index in [1.165, 1.54) is 10.4 Å². The minimum Gasteiger partial charge on any atom is -0.458 e. The van der Waals surface area contributed by atoms with Crippen molar-refractivity contribution in [3.63, 3.8) is 0 Å². The number of hydrogen-bond acceptors (Lipinski definition) is 4. The fourth-order valence-electron chi connectivity index (χ4n) is 1.91. The van der Waals surface area contributed by atoms with Gasteiger partial charge in [-0.15, -0.1) is 11.3 Å². The van der Waals surface area contributed by atoms with Crippen molar-refractivity contribution in [3.8, 4) is 0 Å². The molecule has 0 saturated heterocycles. The first-order chi connectivity index (χ1) is 10.1. The lowest BCUT2D eigenvalue weighted by molar-refractivity contribution is -0.144. The Morgan fingerprint density at radius 3 is 2.48 bits per heavy atom. The molecule has 0 bridgehead atoms. The van der Waals surface area contributed by atoms with E-state index in [-0.39, 0.29) is 12.6 Å². The Hall–Kier alpha value is -1.68. The zero-order valence-corrected chi connectivity index (χ0v) is 13.6. The van der Waals surface area contributed by atoms with Gasteiger partial charge in [0.2, 0.25) is 0 Å². The summed E-state index contributed by atoms with van der Waals surface area (Å²) < 4.78 is 5.29. The predicted molar refractivity (Wildman–Crippen MR) is 85.5 cm³/mol. The predicted octanol–water partition coefficient (Wildman–Crippen LogP) is 4.11. The molecule has 0 unspecified atom stereocenters. The highest BCUT2D eigenvalue weighted by atomic mass is 32.1. The molecule has 1 aromatic heterocycles. The van der Waals surface area contributed by atoms with Gasteiger partial charge in [0.05, 0.1) is 6.42 Å². The van der Waals surface area contributed by atoms with Crippen molar-refractivity contribution in [2.24, 2.45) is 0 Å². The molecular formula is C17H21NO2S. The van der Waals surface area contributed by atoms with E-state index in [9.17, 15) is 4.79 Å². The zero-order chi connectivity index (χ0) is 15.2. The van der Waals surface area contributed by atoms with Gasteiger partial charge in [0.15, 0.2) is 0 Å². The van der Waals surface area contributed by atoms with Crippen molar-refractivity contribution < 1.29 is 9.53 Å². The second-order valence-electron chi connectivity index (χ2n) is 5.32. The van der Waals surface area contributed by atoms with Gasteiger partial charge < -0.3 is 4.74 Å². The second kappa shape index (κ2) is 7.36. The molecule has 1 aromatic carbocycles. The highest BCUT2D eigenvalue weighted by Crippen LogP contribution is 2.22. The summed E-state index contributed by atoms with van der Waals surface area (Å²) in [5.41, 5.74) is 2.26. The van der Waals surface area contributed by atoms with Crippen molar-refractivity contribution in [1.82, 2.24) is 4.98 Å². The molecule has 2 aromatic rings. The molecule has 0 amide bonds. The summed E-state index contributed by atoms with van der Waals surface area (Å²) in [6.45, 7) is 6.64. The number of benzene rings is 1. The summed E-state index contributed by atoms with van der Waals surface area (Å²) in [6, 6.07) is 8.08. The minimum atomic E-state index is -0.208. The van der Waals surface area contributed by atoms with E-state index < -0.39 is 0 Å². The van der Waals surface area contributed by atoms with Crippen molar-refractivity contribution >= 4 is 17.3 Å². The van der Waals surface area contributed by atoms with Crippen LogP contribution in [0.5, 0.6) is 0 Å². The van der Waals surface area contributed by atoms with Crippen LogP contribution in [0.25, 0.3) is 0 Å². The highest BCUT2D eigenvalue weighted by molar-refractivity contribution is 7.11. The van der Waals surface area contributed by atoms with Gasteiger partial charge in [-0.05, 0) is 23.5 Å². The molecule has 21 heavy (non-hydrogen) atoms. The van der Waals surface area contributed by atoms with Crippen LogP contribution in [0.3, 0.4) is 0 Å². The topological polar surface area (TPSA) is 39.2 Å². The Kier molecular flexibility index (Phi) is 5.51. The summed E-state index contributed by atoms with van der Waals surface area (Å²) in [7, 11) is 0. The highest BCUT2D eigenvalue weighted by Gasteiger charge is 2.09. The van der Waals surface area contributed by atoms with Crippen LogP contribution in [-0.2, 0) is 29.0 Å². The largest absolute Gasteiger partial charge is 0.458 e. The summed E-state index contributed by atoms with van der Waals surface area (Å²) in [5, 5.41) is 0.855. The SMILES string of the molecule is CCc1ccc(CC(=O)OCc2ncc(C(C)C)s2)cc1. The van der Waals surface area contributed by atoms with Gasteiger partial charge in [0.25, 0.3) is 0 Å². The first-order valence-corrected chi connectivity index (χ1v) is 8.08. The number of nitrogens with zero attached hydrogens (tertiary/aromatic N) is 1. The van der Waals surface area contributed by atoms with Gasteiger partial charge in [-0.2, -0.15) is 0 Å². The molecular weight excluding hydrogens is 282 g/mol. The molecule has 0 saturated carbocycles. The van der Waals surface area contributed by atoms with Gasteiger partial charge in [-0.25, -0.2) is 4.98 Å². The molecule has 0 aliphatic rings. The monoisotopic (exact) mass is 303 g/mol. The van der Waals surface area contributed by atoms with E-state index in [0.29, 0.717) is 12.3 Å². The van der Waals surface area contributed by atoms with Gasteiger partial charge >= 0.3 is 5.97 Å². The van der Waals surface area contributed by atoms with Crippen LogP contribution in [0.4, 0.5) is 0 Å². The van der Waals surface area contributed by atoms with Gasteiger partial charge in [0.1, 0.15) is 11.6 Å². The average molecular weight is 303 g/mol. The van der Waals surface area contributed by atoms with E-state index in [4.69, 9.17) is 4.74 Å². The van der Waals surface area contributed by atoms with Crippen molar-refractivity contribution in [2.45, 2.75) is 46.1 Å². The third-order valence-electron chi connectivity index (χ3n) is 3.28. The van der Waals surface area contributed by atoms with E-state index >= 15 is 0 Å². The number of aromatic nitrogens is 1. The Balaban J connectivity index is 1.83. The van der Waals surface area contributed by atoms with Crippen molar-refractivity contribution in [1.29, 1.82) is 0 Å². The van der Waals surface area contributed by atoms with Crippen LogP contribution in [0.1, 0.15) is 47.7 Å². The van der Waals surface area contributed by atoms with Gasteiger partial charge in [-0.1, -0.05) is 45.0 Å². The van der Waals surface area contributed by atoms with Crippen LogP contribution in [0.2, 0.25) is 0 Å². The molecule has 0 spiro atoms. The summed E-state index contributed by atoms with van der Waals surface area (Å²) in [6.07, 6.45) is 3.18. The molecule has 0 aliphatic heterocycles. The molecule has 0 aliphatic carbocycles. The third-order valence-corrected chi connectivity index (χ3v) is 4.55. The second-order valence-corrected chi connectivity index (χ2v) is 6.47. The lowest BCUT2D eigenvalue weighted by Crippen LogP contribution is -2.07. The Morgan fingerprint density at radius 1 is 1.24 bits per heavy atom. The number of carbonyl (C=O) groups excluding carboxylic acids is 1. The van der Waals surface area contributed by atoms with Gasteiger partial charge in [0, 0.05) is 11.1 Å². The maximum Gasteiger partial charge on any atom is 0.310 e. The fourth-order valence-corrected chi connectivity index (χ4v) is 2.75. The average Bonchev–Trinajstić information content (AvgIpc) is 2.95. The normalized spacial score (nSPS) is 10.9. The lowest BCUT2D eigenvalue weighted by Gasteiger charge is -2.04. The number of thiazole rings is 1. The molecule has 0 radical (unpaired) electrons. The molecule has 1 heterocycles. The van der Waals surface area contributed by atoms with E-state index in [2.05, 4.69) is 37.9 Å². The molecule has 0 fully saturated rings. The quantitative estimate of drug-likeness (QED) is 0.754. The number of ether oxygens (including phenoxy) is 1. The lowest BCUT2D eigenvalue weighted by atomic mass is 10.1. The van der Waals surface area contributed by atoms with Crippen LogP contribution in [0, 0.1) is 0 Å². The molecule has 2 rings (SSSR count).